The third kappa shape index (κ3) is 4.53. The van der Waals surface area contributed by atoms with Gasteiger partial charge in [0.25, 0.3) is 5.91 Å². The number of carbonyl (C=O) groups excluding carboxylic acids is 4. The van der Waals surface area contributed by atoms with Crippen molar-refractivity contribution in [3.8, 4) is 0 Å². The number of nitrogens with one attached hydrogen (secondary N) is 3. The number of hydrogen-bond acceptors (Lipinski definition) is 5. The van der Waals surface area contributed by atoms with Crippen LogP contribution in [-0.4, -0.2) is 64.3 Å². The van der Waals surface area contributed by atoms with Gasteiger partial charge in [-0.1, -0.05) is 6.07 Å². The lowest BCUT2D eigenvalue weighted by atomic mass is 9.91. The first-order chi connectivity index (χ1) is 19.2. The minimum atomic E-state index is -5.32. The van der Waals surface area contributed by atoms with Gasteiger partial charge < -0.3 is 26.0 Å². The lowest BCUT2D eigenvalue weighted by Crippen LogP contribution is -2.62. The summed E-state index contributed by atoms with van der Waals surface area (Å²) >= 11 is 0. The van der Waals surface area contributed by atoms with Crippen LogP contribution >= 0.6 is 0 Å². The van der Waals surface area contributed by atoms with Crippen molar-refractivity contribution < 1.29 is 46.2 Å². The zero-order valence-electron chi connectivity index (χ0n) is 21.5. The molecular weight excluding hydrogens is 557 g/mol. The lowest BCUT2D eigenvalue weighted by molar-refractivity contribution is -0.313. The maximum absolute atomic E-state index is 14.8. The van der Waals surface area contributed by atoms with Crippen LogP contribution in [0.2, 0.25) is 0 Å². The average molecular weight is 581 g/mol. The third-order valence-electron chi connectivity index (χ3n) is 7.81. The highest BCUT2D eigenvalue weighted by Gasteiger charge is 2.61. The van der Waals surface area contributed by atoms with E-state index in [1.165, 1.54) is 19.2 Å². The molecule has 1 fully saturated rings. The predicted octanol–water partition coefficient (Wildman–Crippen LogP) is 2.64. The molecule has 4 N–H and O–H groups in total. The van der Waals surface area contributed by atoms with Gasteiger partial charge in [-0.05, 0) is 65.8 Å². The second kappa shape index (κ2) is 9.68. The molecule has 2 aromatic rings. The Labute approximate surface area is 229 Å². The van der Waals surface area contributed by atoms with Crippen molar-refractivity contribution in [2.75, 3.05) is 18.9 Å². The highest BCUT2D eigenvalue weighted by atomic mass is 19.4. The van der Waals surface area contributed by atoms with E-state index in [0.717, 1.165) is 18.2 Å². The number of carbonyl (C=O) groups is 4. The number of aryl methyl sites for hydroxylation is 2. The summed E-state index contributed by atoms with van der Waals surface area (Å²) in [4.78, 5) is 52.0. The number of benzene rings is 2. The molecule has 0 aromatic heterocycles. The molecule has 2 atom stereocenters. The Bertz CT molecular complexity index is 1480. The SMILES string of the molecule is CNC(=O)Nc1cc2c(cc1F)C1(CC2)NC(=O)N(CC(=O)N2Cc3ccc(F)cc3CCC2(O)C(F)(F)F)C1=O. The summed E-state index contributed by atoms with van der Waals surface area (Å²) < 4.78 is 70.9. The number of alkyl halides is 3. The van der Waals surface area contributed by atoms with Crippen molar-refractivity contribution in [3.63, 3.8) is 0 Å². The molecule has 2 aromatic carbocycles. The molecule has 1 aliphatic carbocycles. The van der Waals surface area contributed by atoms with E-state index in [2.05, 4.69) is 16.0 Å². The van der Waals surface area contributed by atoms with Gasteiger partial charge in [-0.15, -0.1) is 0 Å². The summed E-state index contributed by atoms with van der Waals surface area (Å²) in [6, 6.07) is 3.74. The Morgan fingerprint density at radius 1 is 1.05 bits per heavy atom. The van der Waals surface area contributed by atoms with E-state index in [1.807, 2.05) is 0 Å². The van der Waals surface area contributed by atoms with E-state index in [4.69, 9.17) is 0 Å². The quantitative estimate of drug-likeness (QED) is 0.327. The first-order valence-corrected chi connectivity index (χ1v) is 12.5. The van der Waals surface area contributed by atoms with Gasteiger partial charge in [0.15, 0.2) is 0 Å². The average Bonchev–Trinajstić information content (AvgIpc) is 3.30. The molecule has 5 rings (SSSR count). The fourth-order valence-electron chi connectivity index (χ4n) is 5.62. The molecule has 10 nitrogen and oxygen atoms in total. The number of amides is 6. The monoisotopic (exact) mass is 581 g/mol. The van der Waals surface area contributed by atoms with Crippen LogP contribution in [0.25, 0.3) is 0 Å². The highest BCUT2D eigenvalue weighted by molar-refractivity contribution is 6.10. The van der Waals surface area contributed by atoms with E-state index >= 15 is 0 Å². The Morgan fingerprint density at radius 2 is 1.76 bits per heavy atom. The van der Waals surface area contributed by atoms with Crippen LogP contribution in [0.3, 0.4) is 0 Å². The molecule has 2 heterocycles. The molecule has 1 spiro atoms. The molecule has 41 heavy (non-hydrogen) atoms. The number of anilines is 1. The topological polar surface area (TPSA) is 131 Å². The second-order valence-electron chi connectivity index (χ2n) is 10.1. The summed E-state index contributed by atoms with van der Waals surface area (Å²) in [6.45, 7) is -1.90. The summed E-state index contributed by atoms with van der Waals surface area (Å²) in [6.07, 6.45) is -6.56. The molecule has 2 unspecified atom stereocenters. The third-order valence-corrected chi connectivity index (χ3v) is 7.81. The van der Waals surface area contributed by atoms with E-state index in [9.17, 15) is 46.2 Å². The van der Waals surface area contributed by atoms with Crippen LogP contribution in [0, 0.1) is 11.6 Å². The summed E-state index contributed by atoms with van der Waals surface area (Å²) in [5.41, 5.74) is -4.75. The number of rotatable bonds is 3. The molecule has 6 amide bonds. The lowest BCUT2D eigenvalue weighted by Gasteiger charge is -2.40. The first-order valence-electron chi connectivity index (χ1n) is 12.5. The van der Waals surface area contributed by atoms with Gasteiger partial charge in [0.1, 0.15) is 23.7 Å². The van der Waals surface area contributed by atoms with Crippen molar-refractivity contribution in [1.29, 1.82) is 0 Å². The van der Waals surface area contributed by atoms with Gasteiger partial charge in [0, 0.05) is 20.0 Å². The van der Waals surface area contributed by atoms with Crippen LogP contribution in [0.15, 0.2) is 30.3 Å². The van der Waals surface area contributed by atoms with Crippen LogP contribution in [0.1, 0.15) is 35.1 Å². The number of halogens is 5. The Morgan fingerprint density at radius 3 is 2.44 bits per heavy atom. The van der Waals surface area contributed by atoms with Crippen molar-refractivity contribution in [3.05, 3.63) is 64.2 Å². The van der Waals surface area contributed by atoms with Crippen molar-refractivity contribution >= 4 is 29.6 Å². The number of fused-ring (bicyclic) bond motifs is 3. The van der Waals surface area contributed by atoms with E-state index < -0.39 is 78.9 Å². The summed E-state index contributed by atoms with van der Waals surface area (Å²) in [7, 11) is 1.33. The molecule has 0 radical (unpaired) electrons. The van der Waals surface area contributed by atoms with Gasteiger partial charge in [-0.3, -0.25) is 14.5 Å². The van der Waals surface area contributed by atoms with Crippen molar-refractivity contribution in [2.45, 2.75) is 49.7 Å². The minimum absolute atomic E-state index is 0.0321. The fraction of sp³-hybridized carbons (Fsp3) is 0.385. The Hall–Kier alpha value is -4.27. The molecule has 0 bridgehead atoms. The van der Waals surface area contributed by atoms with Crippen LogP contribution < -0.4 is 16.0 Å². The van der Waals surface area contributed by atoms with E-state index in [1.54, 1.807) is 0 Å². The van der Waals surface area contributed by atoms with E-state index in [-0.39, 0.29) is 40.1 Å². The molecular formula is C26H24F5N5O5. The number of imide groups is 1. The molecule has 218 valence electrons. The van der Waals surface area contributed by atoms with Gasteiger partial charge in [0.2, 0.25) is 11.6 Å². The van der Waals surface area contributed by atoms with Gasteiger partial charge in [-0.2, -0.15) is 13.2 Å². The summed E-state index contributed by atoms with van der Waals surface area (Å²) in [5.74, 6) is -3.96. The number of nitrogens with zero attached hydrogens (tertiary/aromatic N) is 2. The Balaban J connectivity index is 1.44. The van der Waals surface area contributed by atoms with Gasteiger partial charge in [-0.25, -0.2) is 18.4 Å². The van der Waals surface area contributed by atoms with Gasteiger partial charge >= 0.3 is 18.2 Å². The fourth-order valence-corrected chi connectivity index (χ4v) is 5.62. The molecule has 1 saturated heterocycles. The smallest absolute Gasteiger partial charge is 0.363 e. The van der Waals surface area contributed by atoms with E-state index in [0.29, 0.717) is 10.5 Å². The van der Waals surface area contributed by atoms with Gasteiger partial charge in [0.05, 0.1) is 5.69 Å². The zero-order valence-corrected chi connectivity index (χ0v) is 21.5. The van der Waals surface area contributed by atoms with Crippen LogP contribution in [-0.2, 0) is 34.5 Å². The standard InChI is InChI=1S/C26H24F5N5O5/c1-32-22(39)33-19-9-14-4-6-24(17(14)10-18(19)28)21(38)35(23(40)34-24)12-20(37)36-11-15-2-3-16(27)8-13(15)5-7-25(36,41)26(29,30)31/h2-3,8-10,41H,4-7,11-12H2,1H3,(H,34,40)(H2,32,33,39). The minimum Gasteiger partial charge on any atom is -0.363 e. The molecule has 2 aliphatic heterocycles. The molecule has 0 saturated carbocycles. The largest absolute Gasteiger partial charge is 0.436 e. The summed E-state index contributed by atoms with van der Waals surface area (Å²) in [5, 5.41) is 17.8. The number of urea groups is 2. The van der Waals surface area contributed by atoms with Crippen LogP contribution in [0.5, 0.6) is 0 Å². The Kier molecular flexibility index (Phi) is 6.67. The number of hydrogen-bond donors (Lipinski definition) is 4. The number of aliphatic hydroxyl groups is 1. The zero-order chi connectivity index (χ0) is 29.9. The van der Waals surface area contributed by atoms with Crippen LogP contribution in [0.4, 0.5) is 37.2 Å². The predicted molar refractivity (Wildman–Crippen MR) is 131 cm³/mol. The maximum Gasteiger partial charge on any atom is 0.436 e. The first kappa shape index (κ1) is 28.3. The normalized spacial score (nSPS) is 23.7. The maximum atomic E-state index is 14.8. The molecule has 3 aliphatic rings. The van der Waals surface area contributed by atoms with Crippen molar-refractivity contribution in [2.24, 2.45) is 0 Å². The van der Waals surface area contributed by atoms with Crippen molar-refractivity contribution in [1.82, 2.24) is 20.4 Å². The second-order valence-corrected chi connectivity index (χ2v) is 10.1. The highest BCUT2D eigenvalue weighted by Crippen LogP contribution is 2.44. The molecule has 15 heteroatoms.